The van der Waals surface area contributed by atoms with Crippen LogP contribution >= 0.6 is 11.3 Å². The van der Waals surface area contributed by atoms with E-state index < -0.39 is 0 Å². The maximum atomic E-state index is 3.36. The molecule has 1 heterocycles. The Hall–Kier alpha value is -0.340. The Labute approximate surface area is 122 Å². The zero-order valence-electron chi connectivity index (χ0n) is 12.8. The van der Waals surface area contributed by atoms with E-state index in [-0.39, 0.29) is 0 Å². The highest BCUT2D eigenvalue weighted by Gasteiger charge is 2.31. The Kier molecular flexibility index (Phi) is 5.47. The average Bonchev–Trinajstić information content (AvgIpc) is 2.74. The number of thiophene rings is 1. The molecule has 2 rings (SSSR count). The SMILES string of the molecule is CNCCC1(CCc2sc(C)cc2C)CCCCC1. The molecule has 1 aliphatic rings. The zero-order valence-corrected chi connectivity index (χ0v) is 13.7. The zero-order chi connectivity index (χ0) is 13.7. The van der Waals surface area contributed by atoms with Gasteiger partial charge in [0.05, 0.1) is 0 Å². The lowest BCUT2D eigenvalue weighted by atomic mass is 9.69. The van der Waals surface area contributed by atoms with Gasteiger partial charge in [-0.15, -0.1) is 11.3 Å². The van der Waals surface area contributed by atoms with E-state index in [0.717, 1.165) is 0 Å². The van der Waals surface area contributed by atoms with Crippen molar-refractivity contribution >= 4 is 11.3 Å². The average molecular weight is 279 g/mol. The predicted octanol–water partition coefficient (Wildman–Crippen LogP) is 4.86. The summed E-state index contributed by atoms with van der Waals surface area (Å²) < 4.78 is 0. The molecule has 2 heteroatoms. The highest BCUT2D eigenvalue weighted by atomic mass is 32.1. The Morgan fingerprint density at radius 2 is 1.89 bits per heavy atom. The Balaban J connectivity index is 1.97. The molecule has 0 bridgehead atoms. The quantitative estimate of drug-likeness (QED) is 0.784. The summed E-state index contributed by atoms with van der Waals surface area (Å²) in [5.74, 6) is 0. The van der Waals surface area contributed by atoms with Crippen LogP contribution in [0.25, 0.3) is 0 Å². The highest BCUT2D eigenvalue weighted by molar-refractivity contribution is 7.12. The lowest BCUT2D eigenvalue weighted by Gasteiger charge is -2.37. The van der Waals surface area contributed by atoms with Crippen LogP contribution in [0.3, 0.4) is 0 Å². The van der Waals surface area contributed by atoms with E-state index in [0.29, 0.717) is 5.41 Å². The molecule has 1 aromatic rings. The van der Waals surface area contributed by atoms with Gasteiger partial charge in [-0.1, -0.05) is 19.3 Å². The molecule has 1 aliphatic carbocycles. The minimum Gasteiger partial charge on any atom is -0.320 e. The molecule has 1 fully saturated rings. The van der Waals surface area contributed by atoms with E-state index in [4.69, 9.17) is 0 Å². The number of hydrogen-bond acceptors (Lipinski definition) is 2. The van der Waals surface area contributed by atoms with E-state index in [1.165, 1.54) is 68.4 Å². The van der Waals surface area contributed by atoms with Crippen LogP contribution in [0.5, 0.6) is 0 Å². The van der Waals surface area contributed by atoms with Crippen molar-refractivity contribution < 1.29 is 0 Å². The van der Waals surface area contributed by atoms with Crippen molar-refractivity contribution in [1.29, 1.82) is 0 Å². The van der Waals surface area contributed by atoms with E-state index in [1.54, 1.807) is 4.88 Å². The van der Waals surface area contributed by atoms with E-state index in [1.807, 2.05) is 11.3 Å². The summed E-state index contributed by atoms with van der Waals surface area (Å²) in [7, 11) is 2.09. The first kappa shape index (κ1) is 15.1. The predicted molar refractivity (Wildman–Crippen MR) is 86.2 cm³/mol. The maximum Gasteiger partial charge on any atom is 0.00774 e. The lowest BCUT2D eigenvalue weighted by molar-refractivity contribution is 0.158. The molecule has 0 atom stereocenters. The van der Waals surface area contributed by atoms with Gasteiger partial charge in [-0.05, 0) is 76.6 Å². The largest absolute Gasteiger partial charge is 0.320 e. The van der Waals surface area contributed by atoms with Crippen molar-refractivity contribution in [1.82, 2.24) is 5.32 Å². The lowest BCUT2D eigenvalue weighted by Crippen LogP contribution is -2.28. The summed E-state index contributed by atoms with van der Waals surface area (Å²) in [6.45, 7) is 5.70. The first-order valence-electron chi connectivity index (χ1n) is 7.86. The van der Waals surface area contributed by atoms with Gasteiger partial charge in [0.25, 0.3) is 0 Å². The monoisotopic (exact) mass is 279 g/mol. The van der Waals surface area contributed by atoms with Gasteiger partial charge in [-0.2, -0.15) is 0 Å². The number of nitrogens with one attached hydrogen (secondary N) is 1. The molecule has 0 aliphatic heterocycles. The molecule has 0 unspecified atom stereocenters. The minimum atomic E-state index is 0.631. The van der Waals surface area contributed by atoms with E-state index in [9.17, 15) is 0 Å². The van der Waals surface area contributed by atoms with Gasteiger partial charge in [0.15, 0.2) is 0 Å². The molecule has 0 aromatic carbocycles. The third-order valence-corrected chi connectivity index (χ3v) is 6.06. The van der Waals surface area contributed by atoms with Crippen LogP contribution < -0.4 is 5.32 Å². The van der Waals surface area contributed by atoms with Crippen molar-refractivity contribution in [2.45, 2.75) is 65.2 Å². The van der Waals surface area contributed by atoms with Crippen molar-refractivity contribution in [3.05, 3.63) is 21.4 Å². The summed E-state index contributed by atoms with van der Waals surface area (Å²) in [4.78, 5) is 3.10. The van der Waals surface area contributed by atoms with Crippen LogP contribution in [0.4, 0.5) is 0 Å². The Morgan fingerprint density at radius 1 is 1.16 bits per heavy atom. The van der Waals surface area contributed by atoms with E-state index in [2.05, 4.69) is 32.3 Å². The van der Waals surface area contributed by atoms with Crippen LogP contribution in [-0.2, 0) is 6.42 Å². The number of hydrogen-bond donors (Lipinski definition) is 1. The molecule has 0 saturated heterocycles. The van der Waals surface area contributed by atoms with Gasteiger partial charge in [0.1, 0.15) is 0 Å². The normalized spacial score (nSPS) is 18.7. The van der Waals surface area contributed by atoms with Crippen LogP contribution in [0.1, 0.15) is 60.3 Å². The van der Waals surface area contributed by atoms with Gasteiger partial charge in [-0.25, -0.2) is 0 Å². The number of rotatable bonds is 6. The van der Waals surface area contributed by atoms with Crippen molar-refractivity contribution in [2.75, 3.05) is 13.6 Å². The molecule has 0 amide bonds. The second kappa shape index (κ2) is 6.90. The van der Waals surface area contributed by atoms with Gasteiger partial charge < -0.3 is 5.32 Å². The van der Waals surface area contributed by atoms with Crippen LogP contribution in [-0.4, -0.2) is 13.6 Å². The third-order valence-electron chi connectivity index (χ3n) is 4.85. The van der Waals surface area contributed by atoms with E-state index >= 15 is 0 Å². The second-order valence-corrected chi connectivity index (χ2v) is 7.72. The van der Waals surface area contributed by atoms with Crippen LogP contribution in [0.15, 0.2) is 6.07 Å². The molecular weight excluding hydrogens is 250 g/mol. The fraction of sp³-hybridized carbons (Fsp3) is 0.765. The summed E-state index contributed by atoms with van der Waals surface area (Å²) >= 11 is 2.01. The first-order valence-corrected chi connectivity index (χ1v) is 8.67. The standard InChI is InChI=1S/C17H29NS/c1-14-13-15(2)19-16(14)7-10-17(11-12-18-3)8-5-4-6-9-17/h13,18H,4-12H2,1-3H3. The van der Waals surface area contributed by atoms with Gasteiger partial charge in [0.2, 0.25) is 0 Å². The molecule has 1 N–H and O–H groups in total. The molecule has 1 saturated carbocycles. The second-order valence-electron chi connectivity index (χ2n) is 6.38. The van der Waals surface area contributed by atoms with Crippen molar-refractivity contribution in [2.24, 2.45) is 5.41 Å². The Morgan fingerprint density at radius 3 is 2.47 bits per heavy atom. The maximum absolute atomic E-state index is 3.36. The molecule has 1 nitrogen and oxygen atoms in total. The topological polar surface area (TPSA) is 12.0 Å². The summed E-state index contributed by atoms with van der Waals surface area (Å²) in [6.07, 6.45) is 11.3. The van der Waals surface area contributed by atoms with Crippen molar-refractivity contribution in [3.63, 3.8) is 0 Å². The van der Waals surface area contributed by atoms with Gasteiger partial charge in [0, 0.05) is 9.75 Å². The van der Waals surface area contributed by atoms with Gasteiger partial charge in [-0.3, -0.25) is 0 Å². The van der Waals surface area contributed by atoms with Crippen molar-refractivity contribution in [3.8, 4) is 0 Å². The molecule has 0 spiro atoms. The minimum absolute atomic E-state index is 0.631. The van der Waals surface area contributed by atoms with Gasteiger partial charge >= 0.3 is 0 Å². The highest BCUT2D eigenvalue weighted by Crippen LogP contribution is 2.43. The fourth-order valence-corrected chi connectivity index (χ4v) is 4.68. The fourth-order valence-electron chi connectivity index (χ4n) is 3.63. The Bertz CT molecular complexity index is 388. The molecular formula is C17H29NS. The van der Waals surface area contributed by atoms with Crippen LogP contribution in [0.2, 0.25) is 0 Å². The molecule has 19 heavy (non-hydrogen) atoms. The molecule has 1 aromatic heterocycles. The summed E-state index contributed by atoms with van der Waals surface area (Å²) in [5.41, 5.74) is 2.15. The smallest absolute Gasteiger partial charge is 0.00774 e. The molecule has 108 valence electrons. The molecule has 0 radical (unpaired) electrons. The first-order chi connectivity index (χ1) is 9.15. The third kappa shape index (κ3) is 4.06. The van der Waals surface area contributed by atoms with Crippen LogP contribution in [0, 0.1) is 19.3 Å². The number of aryl methyl sites for hydroxylation is 3. The summed E-state index contributed by atoms with van der Waals surface area (Å²) in [5, 5.41) is 3.36. The summed E-state index contributed by atoms with van der Waals surface area (Å²) in [6, 6.07) is 2.35.